The number of rotatable bonds is 14. The van der Waals surface area contributed by atoms with Crippen molar-refractivity contribution in [2.75, 3.05) is 38.3 Å². The number of nitrogens with zero attached hydrogens (tertiary/aromatic N) is 1. The van der Waals surface area contributed by atoms with Crippen molar-refractivity contribution < 1.29 is 48.6 Å². The molecule has 1 aromatic carbocycles. The van der Waals surface area contributed by atoms with E-state index < -0.39 is 47.5 Å². The van der Waals surface area contributed by atoms with Gasteiger partial charge in [-0.2, -0.15) is 0 Å². The van der Waals surface area contributed by atoms with Crippen LogP contribution in [-0.2, 0) is 39.8 Å². The van der Waals surface area contributed by atoms with E-state index in [4.69, 9.17) is 23.7 Å². The fourth-order valence-corrected chi connectivity index (χ4v) is 7.73. The van der Waals surface area contributed by atoms with Gasteiger partial charge in [0.2, 0.25) is 0 Å². The van der Waals surface area contributed by atoms with Crippen LogP contribution in [0.2, 0.25) is 0 Å². The third kappa shape index (κ3) is 13.0. The number of aliphatic hydroxyl groups is 3. The van der Waals surface area contributed by atoms with E-state index in [9.17, 15) is 24.9 Å². The van der Waals surface area contributed by atoms with Gasteiger partial charge in [0.15, 0.2) is 0 Å². The number of carbonyl (C=O) groups excluding carboxylic acids is 2. The molecule has 308 valence electrons. The number of cyclic esters (lactones) is 1. The lowest BCUT2D eigenvalue weighted by Gasteiger charge is -2.32. The summed E-state index contributed by atoms with van der Waals surface area (Å²) in [6, 6.07) is 8.04. The molecule has 3 aliphatic heterocycles. The number of allylic oxidation sites excluding steroid dienone is 2. The quantitative estimate of drug-likeness (QED) is 0.0889. The number of methoxy groups -OCH3 is 1. The minimum Gasteiger partial charge on any atom is -0.457 e. The SMILES string of the molecule is CC[C@H](OC)[C@@H](C)C1O[C@@H]1C(NCc1ccc(N2CCCOCC2)cc1)C(C)(O)C=CC=C(C)[C@H]1OC(=O)C[C@H](O)CC[C@@](C)(O)[C@@H](OC(C)=O)C=C[C@@H]1C. The molecule has 0 bridgehead atoms. The Morgan fingerprint density at radius 2 is 1.89 bits per heavy atom. The van der Waals surface area contributed by atoms with E-state index in [1.807, 2.05) is 13.8 Å². The zero-order valence-electron chi connectivity index (χ0n) is 34.1. The highest BCUT2D eigenvalue weighted by atomic mass is 16.6. The van der Waals surface area contributed by atoms with Crippen molar-refractivity contribution in [2.45, 2.75) is 141 Å². The van der Waals surface area contributed by atoms with Crippen LogP contribution in [0.15, 0.2) is 60.2 Å². The predicted octanol–water partition coefficient (Wildman–Crippen LogP) is 4.79. The summed E-state index contributed by atoms with van der Waals surface area (Å²) in [5.41, 5.74) is 0.133. The van der Waals surface area contributed by atoms with Crippen LogP contribution in [-0.4, -0.2) is 115 Å². The summed E-state index contributed by atoms with van der Waals surface area (Å²) in [5.74, 6) is -1.38. The van der Waals surface area contributed by atoms with Gasteiger partial charge < -0.3 is 49.2 Å². The van der Waals surface area contributed by atoms with Crippen molar-refractivity contribution in [2.24, 2.45) is 11.8 Å². The Morgan fingerprint density at radius 1 is 1.16 bits per heavy atom. The van der Waals surface area contributed by atoms with E-state index in [-0.39, 0.29) is 49.4 Å². The summed E-state index contributed by atoms with van der Waals surface area (Å²) in [6.07, 6.45) is 7.43. The number of anilines is 1. The fraction of sp³-hybridized carbons (Fsp3) is 0.674. The maximum atomic E-state index is 13.0. The maximum absolute atomic E-state index is 13.0. The molecule has 12 nitrogen and oxygen atoms in total. The molecule has 2 saturated heterocycles. The van der Waals surface area contributed by atoms with Crippen LogP contribution in [0.25, 0.3) is 0 Å². The first-order valence-electron chi connectivity index (χ1n) is 19.9. The number of benzene rings is 1. The summed E-state index contributed by atoms with van der Waals surface area (Å²) in [7, 11) is 1.72. The zero-order chi connectivity index (χ0) is 40.3. The Balaban J connectivity index is 1.55. The van der Waals surface area contributed by atoms with Crippen molar-refractivity contribution in [3.05, 3.63) is 65.8 Å². The van der Waals surface area contributed by atoms with Crippen LogP contribution < -0.4 is 10.2 Å². The lowest BCUT2D eigenvalue weighted by Crippen LogP contribution is -2.52. The van der Waals surface area contributed by atoms with Crippen LogP contribution in [0.5, 0.6) is 0 Å². The van der Waals surface area contributed by atoms with Crippen LogP contribution in [0.4, 0.5) is 5.69 Å². The number of aliphatic hydroxyl groups excluding tert-OH is 1. The highest BCUT2D eigenvalue weighted by Crippen LogP contribution is 2.39. The van der Waals surface area contributed by atoms with E-state index in [0.717, 1.165) is 50.4 Å². The number of epoxide rings is 1. The largest absolute Gasteiger partial charge is 0.457 e. The number of ether oxygens (including phenoxy) is 5. The third-order valence-corrected chi connectivity index (χ3v) is 11.2. The predicted molar refractivity (Wildman–Crippen MR) is 211 cm³/mol. The van der Waals surface area contributed by atoms with Crippen LogP contribution in [0, 0.1) is 11.8 Å². The van der Waals surface area contributed by atoms with E-state index >= 15 is 0 Å². The summed E-state index contributed by atoms with van der Waals surface area (Å²) >= 11 is 0. The molecule has 3 unspecified atom stereocenters. The molecule has 12 heteroatoms. The highest BCUT2D eigenvalue weighted by molar-refractivity contribution is 5.70. The topological polar surface area (TPSA) is 160 Å². The second-order valence-electron chi connectivity index (χ2n) is 16.0. The van der Waals surface area contributed by atoms with Gasteiger partial charge in [-0.3, -0.25) is 9.59 Å². The number of carbonyl (C=O) groups is 2. The summed E-state index contributed by atoms with van der Waals surface area (Å²) in [4.78, 5) is 27.2. The normalized spacial score (nSPS) is 31.3. The summed E-state index contributed by atoms with van der Waals surface area (Å²) in [5, 5.41) is 37.4. The van der Waals surface area contributed by atoms with Gasteiger partial charge >= 0.3 is 11.9 Å². The first-order valence-corrected chi connectivity index (χ1v) is 19.9. The first kappa shape index (κ1) is 44.6. The van der Waals surface area contributed by atoms with Crippen molar-refractivity contribution in [1.29, 1.82) is 0 Å². The molecular formula is C43H66N2O10. The lowest BCUT2D eigenvalue weighted by atomic mass is 9.87. The molecular weight excluding hydrogens is 704 g/mol. The van der Waals surface area contributed by atoms with E-state index in [1.54, 1.807) is 51.3 Å². The van der Waals surface area contributed by atoms with Gasteiger partial charge in [0.05, 0.1) is 43.0 Å². The molecule has 0 amide bonds. The highest BCUT2D eigenvalue weighted by Gasteiger charge is 2.54. The average Bonchev–Trinajstić information content (AvgIpc) is 3.96. The van der Waals surface area contributed by atoms with Gasteiger partial charge in [0, 0.05) is 57.8 Å². The van der Waals surface area contributed by atoms with Crippen LogP contribution in [0.1, 0.15) is 86.1 Å². The Kier molecular flexibility index (Phi) is 16.5. The zero-order valence-corrected chi connectivity index (χ0v) is 34.1. The molecule has 4 rings (SSSR count). The van der Waals surface area contributed by atoms with Gasteiger partial charge in [-0.15, -0.1) is 0 Å². The summed E-state index contributed by atoms with van der Waals surface area (Å²) < 4.78 is 29.0. The van der Waals surface area contributed by atoms with Gasteiger partial charge in [-0.05, 0) is 75.8 Å². The molecule has 2 fully saturated rings. The van der Waals surface area contributed by atoms with Gasteiger partial charge in [0.25, 0.3) is 0 Å². The molecule has 0 aliphatic carbocycles. The lowest BCUT2D eigenvalue weighted by molar-refractivity contribution is -0.157. The minimum absolute atomic E-state index is 0.0277. The number of esters is 2. The smallest absolute Gasteiger partial charge is 0.309 e. The number of hydrogen-bond donors (Lipinski definition) is 4. The van der Waals surface area contributed by atoms with Crippen molar-refractivity contribution in [1.82, 2.24) is 5.32 Å². The van der Waals surface area contributed by atoms with E-state index in [0.29, 0.717) is 12.1 Å². The standard InChI is InChI=1S/C43H66N2O10/c1-9-35(51-8)30(4)39-40(55-39)41(44-27-32-14-16-33(17-15-32)45-22-11-24-52-25-23-45)43(7,50)20-10-12-28(2)38-29(3)13-18-36(53-31(5)46)42(6,49)21-19-34(47)26-37(48)54-38/h10,12-18,20,29-30,34-36,38-41,44,47,49-50H,9,11,19,21-27H2,1-8H3/t29-,30+,34+,35-,36-,38+,39?,40-,41?,42+,43?/m0/s1. The number of nitrogens with one attached hydrogen (secondary N) is 1. The Morgan fingerprint density at radius 3 is 2.56 bits per heavy atom. The molecule has 0 saturated carbocycles. The molecule has 0 radical (unpaired) electrons. The van der Waals surface area contributed by atoms with Crippen molar-refractivity contribution in [3.63, 3.8) is 0 Å². The minimum atomic E-state index is -1.46. The average molecular weight is 771 g/mol. The monoisotopic (exact) mass is 770 g/mol. The molecule has 4 N–H and O–H groups in total. The van der Waals surface area contributed by atoms with Gasteiger partial charge in [0.1, 0.15) is 23.9 Å². The molecule has 3 aliphatic rings. The molecule has 11 atom stereocenters. The Bertz CT molecular complexity index is 1460. The van der Waals surface area contributed by atoms with Gasteiger partial charge in [-0.25, -0.2) is 0 Å². The van der Waals surface area contributed by atoms with Crippen molar-refractivity contribution >= 4 is 17.6 Å². The molecule has 1 aromatic rings. The first-order chi connectivity index (χ1) is 26.1. The molecule has 0 spiro atoms. The fourth-order valence-electron chi connectivity index (χ4n) is 7.73. The molecule has 55 heavy (non-hydrogen) atoms. The van der Waals surface area contributed by atoms with E-state index in [1.165, 1.54) is 6.92 Å². The van der Waals surface area contributed by atoms with Crippen molar-refractivity contribution in [3.8, 4) is 0 Å². The third-order valence-electron chi connectivity index (χ3n) is 11.2. The molecule has 3 heterocycles. The van der Waals surface area contributed by atoms with E-state index in [2.05, 4.69) is 48.3 Å². The Labute approximate surface area is 327 Å². The van der Waals surface area contributed by atoms with Crippen LogP contribution >= 0.6 is 0 Å². The second kappa shape index (κ2) is 20.4. The van der Waals surface area contributed by atoms with Gasteiger partial charge in [-0.1, -0.05) is 57.2 Å². The molecule has 0 aromatic heterocycles. The Hall–Kier alpha value is -3.10. The maximum Gasteiger partial charge on any atom is 0.309 e. The number of hydrogen-bond acceptors (Lipinski definition) is 12. The van der Waals surface area contributed by atoms with Crippen LogP contribution in [0.3, 0.4) is 0 Å². The summed E-state index contributed by atoms with van der Waals surface area (Å²) in [6.45, 7) is 16.3. The second-order valence-corrected chi connectivity index (χ2v) is 16.0.